The van der Waals surface area contributed by atoms with Crippen molar-refractivity contribution in [2.45, 2.75) is 33.4 Å². The molecule has 1 aliphatic rings. The van der Waals surface area contributed by atoms with Crippen LogP contribution in [0, 0.1) is 13.8 Å². The summed E-state index contributed by atoms with van der Waals surface area (Å²) >= 11 is 0. The monoisotopic (exact) mass is 351 g/mol. The number of piperazine rings is 1. The molecule has 0 saturated carbocycles. The topological polar surface area (TPSA) is 35.6 Å². The van der Waals surface area contributed by atoms with Gasteiger partial charge in [-0.15, -0.1) is 0 Å². The number of carbonyl (C=O) groups excluding carboxylic acids is 1. The van der Waals surface area contributed by atoms with Gasteiger partial charge in [0.2, 0.25) is 5.91 Å². The molecule has 1 unspecified atom stereocenters. The van der Waals surface area contributed by atoms with Gasteiger partial charge in [0.15, 0.2) is 0 Å². The van der Waals surface area contributed by atoms with Gasteiger partial charge in [0, 0.05) is 38.4 Å². The lowest BCUT2D eigenvalue weighted by atomic mass is 10.1. The third kappa shape index (κ3) is 4.44. The molecular weight excluding hydrogens is 322 g/mol. The Balaban J connectivity index is 1.52. The number of amides is 1. The second-order valence-electron chi connectivity index (χ2n) is 7.20. The Labute approximate surface area is 156 Å². The van der Waals surface area contributed by atoms with Gasteiger partial charge in [-0.05, 0) is 43.5 Å². The van der Waals surface area contributed by atoms with E-state index in [4.69, 9.17) is 0 Å². The molecule has 0 bridgehead atoms. The summed E-state index contributed by atoms with van der Waals surface area (Å²) in [5, 5.41) is 3.39. The van der Waals surface area contributed by atoms with E-state index in [0.717, 1.165) is 38.4 Å². The Kier molecular flexibility index (Phi) is 5.94. The number of benzene rings is 2. The molecule has 1 N–H and O–H groups in total. The zero-order valence-electron chi connectivity index (χ0n) is 16.0. The fourth-order valence-corrected chi connectivity index (χ4v) is 3.44. The van der Waals surface area contributed by atoms with Gasteiger partial charge in [-0.2, -0.15) is 0 Å². The number of carbonyl (C=O) groups is 1. The molecule has 2 aromatic rings. The minimum Gasteiger partial charge on any atom is -0.374 e. The van der Waals surface area contributed by atoms with Crippen molar-refractivity contribution in [1.29, 1.82) is 0 Å². The molecule has 4 heteroatoms. The lowest BCUT2D eigenvalue weighted by Crippen LogP contribution is -2.51. The molecule has 0 aromatic heterocycles. The fraction of sp³-hybridized carbons (Fsp3) is 0.409. The normalized spacial score (nSPS) is 16.3. The van der Waals surface area contributed by atoms with Crippen LogP contribution in [0.25, 0.3) is 0 Å². The van der Waals surface area contributed by atoms with Crippen LogP contribution >= 0.6 is 0 Å². The van der Waals surface area contributed by atoms with E-state index in [0.29, 0.717) is 0 Å². The van der Waals surface area contributed by atoms with E-state index in [9.17, 15) is 4.79 Å². The van der Waals surface area contributed by atoms with Gasteiger partial charge in [0.1, 0.15) is 6.04 Å². The smallest absolute Gasteiger partial charge is 0.244 e. The molecule has 3 rings (SSSR count). The minimum atomic E-state index is -0.212. The number of hydrogen-bond donors (Lipinski definition) is 1. The summed E-state index contributed by atoms with van der Waals surface area (Å²) in [5.74, 6) is 0.185. The average molecular weight is 351 g/mol. The van der Waals surface area contributed by atoms with E-state index in [2.05, 4.69) is 54.4 Å². The van der Waals surface area contributed by atoms with Crippen LogP contribution < -0.4 is 5.32 Å². The predicted molar refractivity (Wildman–Crippen MR) is 107 cm³/mol. The first-order valence-corrected chi connectivity index (χ1v) is 9.42. The molecule has 1 amide bonds. The summed E-state index contributed by atoms with van der Waals surface area (Å²) in [5.41, 5.74) is 4.83. The van der Waals surface area contributed by atoms with Crippen molar-refractivity contribution in [2.24, 2.45) is 0 Å². The number of aryl methyl sites for hydroxylation is 1. The maximum atomic E-state index is 12.8. The van der Waals surface area contributed by atoms with Crippen LogP contribution in [-0.2, 0) is 11.3 Å². The van der Waals surface area contributed by atoms with E-state index in [-0.39, 0.29) is 11.9 Å². The molecular formula is C22H29N3O. The van der Waals surface area contributed by atoms with Crippen LogP contribution in [0.2, 0.25) is 0 Å². The third-order valence-electron chi connectivity index (χ3n) is 5.28. The highest BCUT2D eigenvalue weighted by atomic mass is 16.2. The van der Waals surface area contributed by atoms with Crippen molar-refractivity contribution < 1.29 is 4.79 Å². The maximum absolute atomic E-state index is 12.8. The Bertz CT molecular complexity index is 736. The highest BCUT2D eigenvalue weighted by Crippen LogP contribution is 2.19. The summed E-state index contributed by atoms with van der Waals surface area (Å²) in [6.07, 6.45) is 0. The number of nitrogens with one attached hydrogen (secondary N) is 1. The number of rotatable bonds is 5. The summed E-state index contributed by atoms with van der Waals surface area (Å²) in [6, 6.07) is 16.5. The molecule has 0 spiro atoms. The van der Waals surface area contributed by atoms with Crippen LogP contribution in [0.15, 0.2) is 48.5 Å². The molecule has 1 heterocycles. The van der Waals surface area contributed by atoms with E-state index < -0.39 is 0 Å². The minimum absolute atomic E-state index is 0.185. The van der Waals surface area contributed by atoms with Crippen LogP contribution in [0.1, 0.15) is 23.6 Å². The van der Waals surface area contributed by atoms with Gasteiger partial charge in [0.25, 0.3) is 0 Å². The quantitative estimate of drug-likeness (QED) is 0.896. The number of hydrogen-bond acceptors (Lipinski definition) is 3. The second-order valence-corrected chi connectivity index (χ2v) is 7.20. The molecule has 1 aliphatic heterocycles. The molecule has 1 atom stereocenters. The number of anilines is 1. The molecule has 138 valence electrons. The van der Waals surface area contributed by atoms with Gasteiger partial charge in [-0.25, -0.2) is 0 Å². The van der Waals surface area contributed by atoms with Crippen molar-refractivity contribution in [3.63, 3.8) is 0 Å². The second kappa shape index (κ2) is 8.37. The summed E-state index contributed by atoms with van der Waals surface area (Å²) < 4.78 is 0. The van der Waals surface area contributed by atoms with Crippen LogP contribution in [-0.4, -0.2) is 47.9 Å². The Hall–Kier alpha value is -2.33. The highest BCUT2D eigenvalue weighted by Gasteiger charge is 2.25. The van der Waals surface area contributed by atoms with Crippen LogP contribution in [0.4, 0.5) is 5.69 Å². The van der Waals surface area contributed by atoms with Crippen LogP contribution in [0.3, 0.4) is 0 Å². The maximum Gasteiger partial charge on any atom is 0.244 e. The zero-order valence-corrected chi connectivity index (χ0v) is 16.0. The lowest BCUT2D eigenvalue weighted by Gasteiger charge is -2.36. The van der Waals surface area contributed by atoms with Gasteiger partial charge < -0.3 is 10.2 Å². The van der Waals surface area contributed by atoms with E-state index in [1.54, 1.807) is 0 Å². The Morgan fingerprint density at radius 2 is 1.69 bits per heavy atom. The van der Waals surface area contributed by atoms with Gasteiger partial charge >= 0.3 is 0 Å². The molecule has 0 radical (unpaired) electrons. The van der Waals surface area contributed by atoms with Crippen molar-refractivity contribution in [1.82, 2.24) is 9.80 Å². The predicted octanol–water partition coefficient (Wildman–Crippen LogP) is 3.45. The largest absolute Gasteiger partial charge is 0.374 e. The summed E-state index contributed by atoms with van der Waals surface area (Å²) in [7, 11) is 0. The number of nitrogens with zero attached hydrogens (tertiary/aromatic N) is 2. The zero-order chi connectivity index (χ0) is 18.5. The van der Waals surface area contributed by atoms with Crippen molar-refractivity contribution in [2.75, 3.05) is 31.5 Å². The van der Waals surface area contributed by atoms with E-state index in [1.165, 1.54) is 16.7 Å². The molecule has 0 aliphatic carbocycles. The molecule has 2 aromatic carbocycles. The standard InChI is InChI=1S/C22H29N3O/c1-17-8-7-11-21(18(17)2)23-19(3)22(26)25-14-12-24(13-15-25)16-20-9-5-4-6-10-20/h4-11,19,23H,12-16H2,1-3H3. The van der Waals surface area contributed by atoms with Crippen LogP contribution in [0.5, 0.6) is 0 Å². The van der Waals surface area contributed by atoms with Gasteiger partial charge in [-0.3, -0.25) is 9.69 Å². The van der Waals surface area contributed by atoms with E-state index in [1.807, 2.05) is 30.0 Å². The molecule has 1 saturated heterocycles. The molecule has 26 heavy (non-hydrogen) atoms. The molecule has 1 fully saturated rings. The van der Waals surface area contributed by atoms with Gasteiger partial charge in [0.05, 0.1) is 0 Å². The van der Waals surface area contributed by atoms with Gasteiger partial charge in [-0.1, -0.05) is 42.5 Å². The Morgan fingerprint density at radius 3 is 2.38 bits per heavy atom. The van der Waals surface area contributed by atoms with Crippen molar-refractivity contribution in [3.8, 4) is 0 Å². The first-order chi connectivity index (χ1) is 12.5. The first kappa shape index (κ1) is 18.5. The van der Waals surface area contributed by atoms with E-state index >= 15 is 0 Å². The SMILES string of the molecule is Cc1cccc(NC(C)C(=O)N2CCN(Cc3ccccc3)CC2)c1C. The first-order valence-electron chi connectivity index (χ1n) is 9.42. The highest BCUT2D eigenvalue weighted by molar-refractivity contribution is 5.84. The average Bonchev–Trinajstić information content (AvgIpc) is 2.66. The third-order valence-corrected chi connectivity index (χ3v) is 5.28. The fourth-order valence-electron chi connectivity index (χ4n) is 3.44. The van der Waals surface area contributed by atoms with Crippen molar-refractivity contribution >= 4 is 11.6 Å². The lowest BCUT2D eigenvalue weighted by molar-refractivity contribution is -0.133. The Morgan fingerprint density at radius 1 is 1.00 bits per heavy atom. The summed E-state index contributed by atoms with van der Waals surface area (Å²) in [6.45, 7) is 10.6. The van der Waals surface area contributed by atoms with Crippen molar-refractivity contribution in [3.05, 3.63) is 65.2 Å². The molecule has 4 nitrogen and oxygen atoms in total. The summed E-state index contributed by atoms with van der Waals surface area (Å²) in [4.78, 5) is 17.2.